The van der Waals surface area contributed by atoms with Crippen LogP contribution in [0.5, 0.6) is 5.75 Å². The highest BCUT2D eigenvalue weighted by atomic mass is 35.5. The third kappa shape index (κ3) is 4.23. The molecule has 7 heteroatoms. The average molecular weight is 397 g/mol. The van der Waals surface area contributed by atoms with E-state index < -0.39 is 0 Å². The molecule has 3 aromatic rings. The molecule has 144 valence electrons. The summed E-state index contributed by atoms with van der Waals surface area (Å²) in [6.07, 6.45) is 2.95. The van der Waals surface area contributed by atoms with Gasteiger partial charge in [0.1, 0.15) is 5.75 Å². The van der Waals surface area contributed by atoms with Crippen LogP contribution in [0.2, 0.25) is 5.02 Å². The lowest BCUT2D eigenvalue weighted by molar-refractivity contribution is 0.102. The topological polar surface area (TPSA) is 76.1 Å². The zero-order chi connectivity index (χ0) is 20.3. The van der Waals surface area contributed by atoms with Crippen molar-refractivity contribution in [1.82, 2.24) is 9.97 Å². The number of hydrogen-bond donors (Lipinski definition) is 2. The summed E-state index contributed by atoms with van der Waals surface area (Å²) in [5.41, 5.74) is 4.87. The number of rotatable bonds is 5. The van der Waals surface area contributed by atoms with Crippen molar-refractivity contribution in [2.75, 3.05) is 17.7 Å². The van der Waals surface area contributed by atoms with Crippen molar-refractivity contribution in [2.45, 2.75) is 20.8 Å². The van der Waals surface area contributed by atoms with E-state index in [0.717, 1.165) is 22.4 Å². The molecule has 28 heavy (non-hydrogen) atoms. The maximum absolute atomic E-state index is 12.5. The fourth-order valence-corrected chi connectivity index (χ4v) is 2.79. The molecule has 0 atom stereocenters. The first-order valence-corrected chi connectivity index (χ1v) is 9.07. The molecule has 0 aliphatic heterocycles. The number of aryl methyl sites for hydroxylation is 2. The summed E-state index contributed by atoms with van der Waals surface area (Å²) in [6, 6.07) is 9.35. The minimum Gasteiger partial charge on any atom is -0.495 e. The van der Waals surface area contributed by atoms with E-state index in [1.165, 1.54) is 12.4 Å². The Morgan fingerprint density at radius 3 is 2.43 bits per heavy atom. The molecule has 2 N–H and O–H groups in total. The Balaban J connectivity index is 1.76. The maximum Gasteiger partial charge on any atom is 0.258 e. The van der Waals surface area contributed by atoms with Crippen LogP contribution >= 0.6 is 11.6 Å². The molecular formula is C21H21ClN4O2. The Morgan fingerprint density at radius 1 is 1.04 bits per heavy atom. The quantitative estimate of drug-likeness (QED) is 0.630. The van der Waals surface area contributed by atoms with E-state index in [4.69, 9.17) is 16.3 Å². The van der Waals surface area contributed by atoms with Crippen molar-refractivity contribution in [3.05, 3.63) is 70.0 Å². The summed E-state index contributed by atoms with van der Waals surface area (Å²) in [5, 5.41) is 6.59. The lowest BCUT2D eigenvalue weighted by Gasteiger charge is -2.12. The third-order valence-corrected chi connectivity index (χ3v) is 4.90. The van der Waals surface area contributed by atoms with Crippen LogP contribution in [-0.4, -0.2) is 23.0 Å². The molecule has 1 amide bonds. The molecule has 3 rings (SSSR count). The van der Waals surface area contributed by atoms with Gasteiger partial charge in [-0.2, -0.15) is 0 Å². The summed E-state index contributed by atoms with van der Waals surface area (Å²) in [4.78, 5) is 20.9. The molecule has 0 spiro atoms. The fourth-order valence-electron chi connectivity index (χ4n) is 2.64. The minimum atomic E-state index is -0.264. The first kappa shape index (κ1) is 19.6. The number of halogens is 1. The van der Waals surface area contributed by atoms with Crippen LogP contribution in [-0.2, 0) is 0 Å². The number of anilines is 3. The van der Waals surface area contributed by atoms with Crippen molar-refractivity contribution in [3.63, 3.8) is 0 Å². The highest BCUT2D eigenvalue weighted by Crippen LogP contribution is 2.32. The van der Waals surface area contributed by atoms with Crippen LogP contribution in [0.15, 0.2) is 42.7 Å². The molecule has 0 unspecified atom stereocenters. The monoisotopic (exact) mass is 396 g/mol. The SMILES string of the molecule is COc1cc(Cl)c(C)cc1Nc1ncc(C(=O)Nc2cccc(C)c2C)cn1. The number of hydrogen-bond acceptors (Lipinski definition) is 5. The van der Waals surface area contributed by atoms with Gasteiger partial charge in [0.05, 0.1) is 18.4 Å². The molecule has 0 aliphatic carbocycles. The van der Waals surface area contributed by atoms with Crippen molar-refractivity contribution >= 4 is 34.8 Å². The molecule has 0 radical (unpaired) electrons. The van der Waals surface area contributed by atoms with Crippen molar-refractivity contribution in [1.29, 1.82) is 0 Å². The maximum atomic E-state index is 12.5. The molecule has 0 fully saturated rings. The summed E-state index contributed by atoms with van der Waals surface area (Å²) >= 11 is 6.13. The number of ether oxygens (including phenoxy) is 1. The predicted molar refractivity (Wildman–Crippen MR) is 112 cm³/mol. The largest absolute Gasteiger partial charge is 0.495 e. The second-order valence-electron chi connectivity index (χ2n) is 6.42. The Bertz CT molecular complexity index is 1020. The number of carbonyl (C=O) groups excluding carboxylic acids is 1. The van der Waals surface area contributed by atoms with E-state index in [-0.39, 0.29) is 5.91 Å². The zero-order valence-corrected chi connectivity index (χ0v) is 16.9. The Hall–Kier alpha value is -3.12. The van der Waals surface area contributed by atoms with Crippen molar-refractivity contribution in [3.8, 4) is 5.75 Å². The normalized spacial score (nSPS) is 10.5. The van der Waals surface area contributed by atoms with Gasteiger partial charge in [0.15, 0.2) is 0 Å². The van der Waals surface area contributed by atoms with E-state index >= 15 is 0 Å². The number of methoxy groups -OCH3 is 1. The molecular weight excluding hydrogens is 376 g/mol. The second kappa shape index (κ2) is 8.27. The van der Waals surface area contributed by atoms with Gasteiger partial charge < -0.3 is 15.4 Å². The number of nitrogens with zero attached hydrogens (tertiary/aromatic N) is 2. The van der Waals surface area contributed by atoms with Gasteiger partial charge in [0.2, 0.25) is 5.95 Å². The first-order valence-electron chi connectivity index (χ1n) is 8.70. The summed E-state index contributed by atoms with van der Waals surface area (Å²) in [6.45, 7) is 5.87. The van der Waals surface area contributed by atoms with Gasteiger partial charge in [0, 0.05) is 29.2 Å². The first-order chi connectivity index (χ1) is 13.4. The van der Waals surface area contributed by atoms with Gasteiger partial charge in [-0.05, 0) is 49.6 Å². The smallest absolute Gasteiger partial charge is 0.258 e. The van der Waals surface area contributed by atoms with Crippen molar-refractivity contribution < 1.29 is 9.53 Å². The lowest BCUT2D eigenvalue weighted by atomic mass is 10.1. The van der Waals surface area contributed by atoms with Crippen LogP contribution < -0.4 is 15.4 Å². The fraction of sp³-hybridized carbons (Fsp3) is 0.190. The Morgan fingerprint density at radius 2 is 1.75 bits per heavy atom. The van der Waals surface area contributed by atoms with E-state index in [1.54, 1.807) is 13.2 Å². The molecule has 6 nitrogen and oxygen atoms in total. The van der Waals surface area contributed by atoms with Gasteiger partial charge in [0.25, 0.3) is 5.91 Å². The van der Waals surface area contributed by atoms with Gasteiger partial charge in [-0.1, -0.05) is 23.7 Å². The van der Waals surface area contributed by atoms with Crippen LogP contribution in [0.1, 0.15) is 27.0 Å². The second-order valence-corrected chi connectivity index (χ2v) is 6.83. The molecule has 0 aliphatic rings. The minimum absolute atomic E-state index is 0.264. The van der Waals surface area contributed by atoms with Crippen molar-refractivity contribution in [2.24, 2.45) is 0 Å². The number of amides is 1. The summed E-state index contributed by atoms with van der Waals surface area (Å²) in [5.74, 6) is 0.666. The van der Waals surface area contributed by atoms with E-state index in [9.17, 15) is 4.79 Å². The van der Waals surface area contributed by atoms with Crippen LogP contribution in [0, 0.1) is 20.8 Å². The van der Waals surface area contributed by atoms with Gasteiger partial charge in [-0.25, -0.2) is 9.97 Å². The zero-order valence-electron chi connectivity index (χ0n) is 16.1. The lowest BCUT2D eigenvalue weighted by Crippen LogP contribution is -2.14. The number of carbonyl (C=O) groups is 1. The van der Waals surface area contributed by atoms with Gasteiger partial charge >= 0.3 is 0 Å². The number of benzene rings is 2. The molecule has 2 aromatic carbocycles. The number of nitrogens with one attached hydrogen (secondary N) is 2. The molecule has 1 aromatic heterocycles. The summed E-state index contributed by atoms with van der Waals surface area (Å²) < 4.78 is 5.34. The molecule has 1 heterocycles. The average Bonchev–Trinajstić information content (AvgIpc) is 2.68. The third-order valence-electron chi connectivity index (χ3n) is 4.49. The molecule has 0 bridgehead atoms. The molecule has 0 saturated heterocycles. The Kier molecular flexibility index (Phi) is 5.80. The predicted octanol–water partition coefficient (Wildman–Crippen LogP) is 5.06. The van der Waals surface area contributed by atoms with Gasteiger partial charge in [-0.3, -0.25) is 4.79 Å². The van der Waals surface area contributed by atoms with Gasteiger partial charge in [-0.15, -0.1) is 0 Å². The van der Waals surface area contributed by atoms with E-state index in [2.05, 4.69) is 20.6 Å². The van der Waals surface area contributed by atoms with E-state index in [0.29, 0.717) is 28.0 Å². The van der Waals surface area contributed by atoms with Crippen LogP contribution in [0.3, 0.4) is 0 Å². The molecule has 0 saturated carbocycles. The highest BCUT2D eigenvalue weighted by molar-refractivity contribution is 6.31. The van der Waals surface area contributed by atoms with Crippen LogP contribution in [0.4, 0.5) is 17.3 Å². The Labute approximate surface area is 168 Å². The van der Waals surface area contributed by atoms with E-state index in [1.807, 2.05) is 45.0 Å². The highest BCUT2D eigenvalue weighted by Gasteiger charge is 2.12. The standard InChI is InChI=1S/C21H21ClN4O2/c1-12-6-5-7-17(14(12)3)25-20(27)15-10-23-21(24-11-15)26-18-8-13(2)16(22)9-19(18)28-4/h5-11H,1-4H3,(H,25,27)(H,23,24,26). The number of aromatic nitrogens is 2. The van der Waals surface area contributed by atoms with Crippen LogP contribution in [0.25, 0.3) is 0 Å². The summed E-state index contributed by atoms with van der Waals surface area (Å²) in [7, 11) is 1.56.